The molecule has 0 bridgehead atoms. The van der Waals surface area contributed by atoms with Gasteiger partial charge in [0.2, 0.25) is 0 Å². The second kappa shape index (κ2) is 7.05. The molecule has 0 atom stereocenters. The maximum Gasteiger partial charge on any atom is 0.282 e. The van der Waals surface area contributed by atoms with Gasteiger partial charge in [-0.05, 0) is 77.6 Å². The second-order valence-corrected chi connectivity index (χ2v) is 7.08. The Morgan fingerprint density at radius 1 is 1.20 bits per heavy atom. The molecule has 2 aromatic carbocycles. The van der Waals surface area contributed by atoms with E-state index in [9.17, 15) is 9.59 Å². The van der Waals surface area contributed by atoms with Crippen LogP contribution in [-0.2, 0) is 9.59 Å². The van der Waals surface area contributed by atoms with Crippen molar-refractivity contribution in [2.45, 2.75) is 6.92 Å². The Bertz CT molecular complexity index is 894. The summed E-state index contributed by atoms with van der Waals surface area (Å²) in [6.07, 6.45) is 1.56. The third-order valence-corrected chi connectivity index (χ3v) is 4.75. The third kappa shape index (κ3) is 3.50. The highest BCUT2D eigenvalue weighted by atomic mass is 127. The summed E-state index contributed by atoms with van der Waals surface area (Å²) in [4.78, 5) is 25.0. The molecule has 2 aromatic rings. The summed E-state index contributed by atoms with van der Waals surface area (Å²) in [5.41, 5.74) is 4.85. The van der Waals surface area contributed by atoms with Crippen molar-refractivity contribution >= 4 is 57.8 Å². The number of carbonyl (C=O) groups is 2. The van der Waals surface area contributed by atoms with Crippen LogP contribution in [0, 0.1) is 10.5 Å². The van der Waals surface area contributed by atoms with Crippen molar-refractivity contribution in [3.63, 3.8) is 0 Å². The fraction of sp³-hybridized carbons (Fsp3) is 0.111. The van der Waals surface area contributed by atoms with E-state index in [1.54, 1.807) is 37.5 Å². The fourth-order valence-electron chi connectivity index (χ4n) is 2.56. The molecule has 1 saturated heterocycles. The smallest absolute Gasteiger partial charge is 0.282 e. The molecule has 0 saturated carbocycles. The van der Waals surface area contributed by atoms with Crippen LogP contribution in [0.25, 0.3) is 6.08 Å². The zero-order chi connectivity index (χ0) is 18.1. The molecule has 0 aliphatic carbocycles. The normalized spacial score (nSPS) is 15.7. The Kier molecular flexibility index (Phi) is 5.01. The Morgan fingerprint density at radius 2 is 1.88 bits per heavy atom. The molecule has 1 heterocycles. The van der Waals surface area contributed by atoms with Gasteiger partial charge in [0.15, 0.2) is 0 Å². The van der Waals surface area contributed by atoms with Crippen LogP contribution in [0.4, 0.5) is 5.69 Å². The number of nitrogens with one attached hydrogen (secondary N) is 1. The van der Waals surface area contributed by atoms with Gasteiger partial charge in [-0.1, -0.05) is 11.6 Å². The van der Waals surface area contributed by atoms with E-state index in [0.29, 0.717) is 22.0 Å². The minimum atomic E-state index is -0.460. The van der Waals surface area contributed by atoms with E-state index in [1.165, 1.54) is 5.01 Å². The third-order valence-electron chi connectivity index (χ3n) is 3.70. The van der Waals surface area contributed by atoms with Crippen LogP contribution in [0.3, 0.4) is 0 Å². The summed E-state index contributed by atoms with van der Waals surface area (Å²) in [5.74, 6) is -0.256. The molecule has 1 aliphatic heterocycles. The van der Waals surface area contributed by atoms with E-state index in [0.717, 1.165) is 9.13 Å². The van der Waals surface area contributed by atoms with E-state index in [-0.39, 0.29) is 5.57 Å². The molecule has 25 heavy (non-hydrogen) atoms. The molecule has 0 radical (unpaired) electrons. The summed E-state index contributed by atoms with van der Waals surface area (Å²) in [5, 5.41) is 1.76. The number of hydrogen-bond donors (Lipinski definition) is 1. The van der Waals surface area contributed by atoms with E-state index in [1.807, 2.05) is 19.1 Å². The standard InChI is InChI=1S/C18H14ClIN2O3/c1-10-7-11(16(25-2)15(20)8-10)9-14-17(23)21-22(18(14)24)13-5-3-12(19)4-6-13/h3-9H,1-2H3,(H,21,23)/b14-9+. The highest BCUT2D eigenvalue weighted by Gasteiger charge is 2.34. The number of rotatable bonds is 3. The number of halogens is 2. The average molecular weight is 469 g/mol. The lowest BCUT2D eigenvalue weighted by Gasteiger charge is -2.14. The Morgan fingerprint density at radius 3 is 2.52 bits per heavy atom. The first-order valence-electron chi connectivity index (χ1n) is 7.37. The van der Waals surface area contributed by atoms with Crippen molar-refractivity contribution in [2.75, 3.05) is 12.1 Å². The van der Waals surface area contributed by atoms with Gasteiger partial charge in [0, 0.05) is 10.6 Å². The number of methoxy groups -OCH3 is 1. The van der Waals surface area contributed by atoms with Crippen LogP contribution in [-0.4, -0.2) is 18.9 Å². The van der Waals surface area contributed by atoms with Crippen LogP contribution in [0.5, 0.6) is 5.75 Å². The summed E-state index contributed by atoms with van der Waals surface area (Å²) in [6, 6.07) is 10.5. The molecule has 0 aromatic heterocycles. The molecule has 0 spiro atoms. The Labute approximate surface area is 163 Å². The largest absolute Gasteiger partial charge is 0.495 e. The van der Waals surface area contributed by atoms with Crippen molar-refractivity contribution in [1.29, 1.82) is 0 Å². The van der Waals surface area contributed by atoms with E-state index in [2.05, 4.69) is 28.0 Å². The Hall–Kier alpha value is -2.06. The molecule has 2 amide bonds. The average Bonchev–Trinajstić information content (AvgIpc) is 2.83. The number of carbonyl (C=O) groups excluding carboxylic acids is 2. The molecule has 1 fully saturated rings. The number of amides is 2. The summed E-state index contributed by atoms with van der Waals surface area (Å²) >= 11 is 8.03. The van der Waals surface area contributed by atoms with Crippen LogP contribution < -0.4 is 15.2 Å². The van der Waals surface area contributed by atoms with Gasteiger partial charge in [0.05, 0.1) is 16.4 Å². The Balaban J connectivity index is 2.01. The highest BCUT2D eigenvalue weighted by Crippen LogP contribution is 2.30. The van der Waals surface area contributed by atoms with Crippen LogP contribution in [0.1, 0.15) is 11.1 Å². The van der Waals surface area contributed by atoms with Crippen molar-refractivity contribution in [3.8, 4) is 5.75 Å². The van der Waals surface area contributed by atoms with E-state index in [4.69, 9.17) is 16.3 Å². The molecule has 0 unspecified atom stereocenters. The van der Waals surface area contributed by atoms with E-state index < -0.39 is 11.8 Å². The number of hydrogen-bond acceptors (Lipinski definition) is 3. The lowest BCUT2D eigenvalue weighted by atomic mass is 10.1. The first kappa shape index (κ1) is 17.8. The van der Waals surface area contributed by atoms with Gasteiger partial charge >= 0.3 is 0 Å². The van der Waals surface area contributed by atoms with Gasteiger partial charge in [0.1, 0.15) is 11.3 Å². The predicted octanol–water partition coefficient (Wildman–Crippen LogP) is 3.72. The molecular weight excluding hydrogens is 455 g/mol. The maximum absolute atomic E-state index is 12.7. The van der Waals surface area contributed by atoms with Gasteiger partial charge in [-0.3, -0.25) is 15.0 Å². The number of ether oxygens (including phenoxy) is 1. The highest BCUT2D eigenvalue weighted by molar-refractivity contribution is 14.1. The number of aryl methyl sites for hydroxylation is 1. The van der Waals surface area contributed by atoms with Crippen molar-refractivity contribution in [2.24, 2.45) is 0 Å². The zero-order valence-corrected chi connectivity index (χ0v) is 16.4. The first-order chi connectivity index (χ1) is 11.9. The molecular formula is C18H14ClIN2O3. The second-order valence-electron chi connectivity index (χ2n) is 5.49. The van der Waals surface area contributed by atoms with Crippen molar-refractivity contribution in [3.05, 3.63) is 61.7 Å². The molecule has 1 aliphatic rings. The monoisotopic (exact) mass is 468 g/mol. The number of anilines is 1. The summed E-state index contributed by atoms with van der Waals surface area (Å²) < 4.78 is 6.32. The minimum absolute atomic E-state index is 0.0506. The number of benzene rings is 2. The predicted molar refractivity (Wildman–Crippen MR) is 106 cm³/mol. The fourth-order valence-corrected chi connectivity index (χ4v) is 3.71. The molecule has 7 heteroatoms. The van der Waals surface area contributed by atoms with Gasteiger partial charge < -0.3 is 4.74 Å². The van der Waals surface area contributed by atoms with Crippen LogP contribution >= 0.6 is 34.2 Å². The molecule has 1 N–H and O–H groups in total. The van der Waals surface area contributed by atoms with Crippen molar-refractivity contribution < 1.29 is 14.3 Å². The van der Waals surface area contributed by atoms with E-state index >= 15 is 0 Å². The maximum atomic E-state index is 12.7. The van der Waals surface area contributed by atoms with Gasteiger partial charge in [-0.2, -0.15) is 0 Å². The lowest BCUT2D eigenvalue weighted by molar-refractivity contribution is -0.117. The molecule has 5 nitrogen and oxygen atoms in total. The van der Waals surface area contributed by atoms with Gasteiger partial charge in [-0.25, -0.2) is 5.01 Å². The van der Waals surface area contributed by atoms with Crippen LogP contribution in [0.15, 0.2) is 42.0 Å². The molecule has 3 rings (SSSR count). The lowest BCUT2D eigenvalue weighted by Crippen LogP contribution is -2.35. The SMILES string of the molecule is COc1c(I)cc(C)cc1/C=C1\C(=O)NN(c2ccc(Cl)cc2)C1=O. The first-order valence-corrected chi connectivity index (χ1v) is 8.83. The zero-order valence-electron chi connectivity index (χ0n) is 13.5. The topological polar surface area (TPSA) is 58.6 Å². The van der Waals surface area contributed by atoms with Crippen LogP contribution in [0.2, 0.25) is 5.02 Å². The molecule has 128 valence electrons. The number of hydrazine groups is 1. The quantitative estimate of drug-likeness (QED) is 0.424. The van der Waals surface area contributed by atoms with Gasteiger partial charge in [-0.15, -0.1) is 0 Å². The summed E-state index contributed by atoms with van der Waals surface area (Å²) in [7, 11) is 1.56. The van der Waals surface area contributed by atoms with Gasteiger partial charge in [0.25, 0.3) is 11.8 Å². The number of nitrogens with zero attached hydrogens (tertiary/aromatic N) is 1. The summed E-state index contributed by atoms with van der Waals surface area (Å²) in [6.45, 7) is 1.94. The van der Waals surface area contributed by atoms with Crippen molar-refractivity contribution in [1.82, 2.24) is 5.43 Å². The minimum Gasteiger partial charge on any atom is -0.495 e.